The van der Waals surface area contributed by atoms with Crippen LogP contribution >= 0.6 is 0 Å². The third-order valence-electron chi connectivity index (χ3n) is 5.57. The average molecular weight is 497 g/mol. The highest BCUT2D eigenvalue weighted by molar-refractivity contribution is 7.89. The van der Waals surface area contributed by atoms with Crippen molar-refractivity contribution in [1.29, 1.82) is 0 Å². The lowest BCUT2D eigenvalue weighted by molar-refractivity contribution is -0.117. The molecule has 0 aliphatic carbocycles. The van der Waals surface area contributed by atoms with Crippen LogP contribution in [0.25, 0.3) is 0 Å². The SMILES string of the molecule is CC(C)N(C[C@H]1CCCN(CC(=O)Nc2cccc(S(=O)(=O)N(C)C)c2)C1)C(=O)OC(C)(C)C. The molecule has 1 aliphatic heterocycles. The number of ether oxygens (including phenoxy) is 1. The summed E-state index contributed by atoms with van der Waals surface area (Å²) in [7, 11) is -0.640. The summed E-state index contributed by atoms with van der Waals surface area (Å²) in [5.74, 6) is 0.0398. The Morgan fingerprint density at radius 1 is 1.24 bits per heavy atom. The summed E-state index contributed by atoms with van der Waals surface area (Å²) >= 11 is 0. The second-order valence-electron chi connectivity index (χ2n) is 10.3. The molecule has 0 unspecified atom stereocenters. The molecular formula is C24H40N4O5S. The van der Waals surface area contributed by atoms with Gasteiger partial charge in [-0.15, -0.1) is 0 Å². The number of benzene rings is 1. The first kappa shape index (κ1) is 28.1. The van der Waals surface area contributed by atoms with Gasteiger partial charge in [0.2, 0.25) is 15.9 Å². The summed E-state index contributed by atoms with van der Waals surface area (Å²) in [6, 6.07) is 6.27. The van der Waals surface area contributed by atoms with Crippen LogP contribution in [-0.2, 0) is 19.6 Å². The Bertz CT molecular complexity index is 956. The van der Waals surface area contributed by atoms with E-state index in [1.807, 2.05) is 34.6 Å². The van der Waals surface area contributed by atoms with Crippen LogP contribution in [0.5, 0.6) is 0 Å². The molecule has 2 amide bonds. The van der Waals surface area contributed by atoms with Crippen LogP contribution in [0, 0.1) is 5.92 Å². The number of amides is 2. The van der Waals surface area contributed by atoms with E-state index in [2.05, 4.69) is 10.2 Å². The van der Waals surface area contributed by atoms with Crippen LogP contribution in [0.3, 0.4) is 0 Å². The van der Waals surface area contributed by atoms with Crippen LogP contribution in [-0.4, -0.2) is 86.4 Å². The van der Waals surface area contributed by atoms with Gasteiger partial charge in [-0.05, 0) is 78.1 Å². The number of rotatable bonds is 8. The Hall–Kier alpha value is -2.17. The quantitative estimate of drug-likeness (QED) is 0.593. The van der Waals surface area contributed by atoms with Crippen molar-refractivity contribution in [2.75, 3.05) is 45.6 Å². The minimum absolute atomic E-state index is 0.0132. The van der Waals surface area contributed by atoms with Gasteiger partial charge >= 0.3 is 6.09 Å². The Morgan fingerprint density at radius 2 is 1.91 bits per heavy atom. The largest absolute Gasteiger partial charge is 0.444 e. The van der Waals surface area contributed by atoms with Crippen molar-refractivity contribution in [2.45, 2.75) is 64.0 Å². The van der Waals surface area contributed by atoms with E-state index in [1.165, 1.54) is 26.2 Å². The van der Waals surface area contributed by atoms with E-state index in [1.54, 1.807) is 17.0 Å². The third kappa shape index (κ3) is 8.25. The molecule has 1 aromatic carbocycles. The summed E-state index contributed by atoms with van der Waals surface area (Å²) in [4.78, 5) is 29.3. The molecule has 0 saturated carbocycles. The highest BCUT2D eigenvalue weighted by Crippen LogP contribution is 2.21. The van der Waals surface area contributed by atoms with E-state index in [4.69, 9.17) is 4.74 Å². The van der Waals surface area contributed by atoms with Gasteiger partial charge in [-0.3, -0.25) is 9.69 Å². The zero-order chi connectivity index (χ0) is 25.7. The maximum absolute atomic E-state index is 12.7. The molecular weight excluding hydrogens is 456 g/mol. The van der Waals surface area contributed by atoms with Crippen molar-refractivity contribution in [1.82, 2.24) is 14.1 Å². The van der Waals surface area contributed by atoms with Gasteiger partial charge in [0.25, 0.3) is 0 Å². The van der Waals surface area contributed by atoms with Crippen LogP contribution in [0.4, 0.5) is 10.5 Å². The van der Waals surface area contributed by atoms with Gasteiger partial charge in [0.15, 0.2) is 0 Å². The molecule has 34 heavy (non-hydrogen) atoms. The first-order valence-corrected chi connectivity index (χ1v) is 13.2. The maximum atomic E-state index is 12.7. The van der Waals surface area contributed by atoms with Crippen molar-refractivity contribution >= 4 is 27.7 Å². The van der Waals surface area contributed by atoms with E-state index in [9.17, 15) is 18.0 Å². The number of piperidine rings is 1. The van der Waals surface area contributed by atoms with E-state index >= 15 is 0 Å². The van der Waals surface area contributed by atoms with Crippen LogP contribution in [0.15, 0.2) is 29.2 Å². The number of sulfonamides is 1. The number of nitrogens with one attached hydrogen (secondary N) is 1. The molecule has 1 atom stereocenters. The molecule has 9 nitrogen and oxygen atoms in total. The zero-order valence-electron chi connectivity index (χ0n) is 21.5. The molecule has 1 saturated heterocycles. The molecule has 0 bridgehead atoms. The van der Waals surface area contributed by atoms with E-state index in [-0.39, 0.29) is 35.4 Å². The predicted molar refractivity (Wildman–Crippen MR) is 133 cm³/mol. The molecule has 1 heterocycles. The Balaban J connectivity index is 1.97. The molecule has 192 valence electrons. The molecule has 1 aromatic rings. The minimum atomic E-state index is -3.58. The molecule has 1 fully saturated rings. The Kier molecular flexibility index (Phi) is 9.50. The van der Waals surface area contributed by atoms with E-state index < -0.39 is 15.6 Å². The maximum Gasteiger partial charge on any atom is 0.410 e. The lowest BCUT2D eigenvalue weighted by Crippen LogP contribution is -2.48. The van der Waals surface area contributed by atoms with Crippen LogP contribution in [0.2, 0.25) is 0 Å². The highest BCUT2D eigenvalue weighted by Gasteiger charge is 2.29. The number of anilines is 1. The topological polar surface area (TPSA) is 99.3 Å². The smallest absolute Gasteiger partial charge is 0.410 e. The molecule has 0 radical (unpaired) electrons. The van der Waals surface area contributed by atoms with Gasteiger partial charge in [-0.2, -0.15) is 0 Å². The molecule has 0 spiro atoms. The lowest BCUT2D eigenvalue weighted by atomic mass is 9.97. The van der Waals surface area contributed by atoms with E-state index in [0.29, 0.717) is 18.8 Å². The number of likely N-dealkylation sites (tertiary alicyclic amines) is 1. The molecule has 1 aliphatic rings. The monoisotopic (exact) mass is 496 g/mol. The Morgan fingerprint density at radius 3 is 2.50 bits per heavy atom. The van der Waals surface area contributed by atoms with Crippen LogP contribution < -0.4 is 5.32 Å². The standard InChI is InChI=1S/C24H40N4O5S/c1-18(2)28(23(30)33-24(3,4)5)16-19-10-9-13-27(15-19)17-22(29)25-20-11-8-12-21(14-20)34(31,32)26(6)7/h8,11-12,14,18-19H,9-10,13,15-17H2,1-7H3,(H,25,29)/t19-/m0/s1. The number of carbonyl (C=O) groups excluding carboxylic acids is 2. The fraction of sp³-hybridized carbons (Fsp3) is 0.667. The zero-order valence-corrected chi connectivity index (χ0v) is 22.3. The van der Waals surface area contributed by atoms with Gasteiger partial charge in [-0.1, -0.05) is 6.07 Å². The number of hydrogen-bond donors (Lipinski definition) is 1. The van der Waals surface area contributed by atoms with Gasteiger partial charge < -0.3 is 15.0 Å². The fourth-order valence-corrected chi connectivity index (χ4v) is 4.84. The van der Waals surface area contributed by atoms with Crippen molar-refractivity contribution in [3.05, 3.63) is 24.3 Å². The molecule has 1 N–H and O–H groups in total. The fourth-order valence-electron chi connectivity index (χ4n) is 3.89. The van der Waals surface area contributed by atoms with Crippen molar-refractivity contribution in [3.63, 3.8) is 0 Å². The second kappa shape index (κ2) is 11.5. The summed E-state index contributed by atoms with van der Waals surface area (Å²) < 4.78 is 31.4. The van der Waals surface area contributed by atoms with Crippen molar-refractivity contribution < 1.29 is 22.7 Å². The first-order valence-electron chi connectivity index (χ1n) is 11.7. The van der Waals surface area contributed by atoms with Gasteiger partial charge in [-0.25, -0.2) is 17.5 Å². The van der Waals surface area contributed by atoms with Gasteiger partial charge in [0.05, 0.1) is 11.4 Å². The molecule has 2 rings (SSSR count). The summed E-state index contributed by atoms with van der Waals surface area (Å²) in [5, 5.41) is 2.81. The summed E-state index contributed by atoms with van der Waals surface area (Å²) in [5.41, 5.74) is -0.109. The first-order chi connectivity index (χ1) is 15.7. The highest BCUT2D eigenvalue weighted by atomic mass is 32.2. The van der Waals surface area contributed by atoms with Crippen LogP contribution in [0.1, 0.15) is 47.5 Å². The number of nitrogens with zero attached hydrogens (tertiary/aromatic N) is 3. The predicted octanol–water partition coefficient (Wildman–Crippen LogP) is 3.23. The van der Waals surface area contributed by atoms with Gasteiger partial charge in [0.1, 0.15) is 5.60 Å². The second-order valence-corrected chi connectivity index (χ2v) is 12.5. The average Bonchev–Trinajstić information content (AvgIpc) is 2.70. The minimum Gasteiger partial charge on any atom is -0.444 e. The summed E-state index contributed by atoms with van der Waals surface area (Å²) in [6.45, 7) is 11.8. The molecule has 10 heteroatoms. The van der Waals surface area contributed by atoms with Gasteiger partial charge in [0, 0.05) is 38.9 Å². The number of hydrogen-bond acceptors (Lipinski definition) is 6. The lowest BCUT2D eigenvalue weighted by Gasteiger charge is -2.37. The third-order valence-corrected chi connectivity index (χ3v) is 7.38. The Labute approximate surface area is 204 Å². The van der Waals surface area contributed by atoms with Crippen molar-refractivity contribution in [3.8, 4) is 0 Å². The normalized spacial score (nSPS) is 17.6. The number of carbonyl (C=O) groups is 2. The van der Waals surface area contributed by atoms with Crippen molar-refractivity contribution in [2.24, 2.45) is 5.92 Å². The van der Waals surface area contributed by atoms with E-state index in [0.717, 1.165) is 23.7 Å². The molecule has 0 aromatic heterocycles. The summed E-state index contributed by atoms with van der Waals surface area (Å²) in [6.07, 6.45) is 1.61.